The number of nitrogens with one attached hydrogen (secondary N) is 1. The lowest BCUT2D eigenvalue weighted by molar-refractivity contribution is -0.154. The highest BCUT2D eigenvalue weighted by molar-refractivity contribution is 8.00. The van der Waals surface area contributed by atoms with E-state index in [1.165, 1.54) is 12.3 Å². The van der Waals surface area contributed by atoms with E-state index in [1.807, 2.05) is 11.8 Å². The van der Waals surface area contributed by atoms with Gasteiger partial charge in [-0.3, -0.25) is 4.99 Å². The molecule has 2 rings (SSSR count). The zero-order valence-electron chi connectivity index (χ0n) is 14.6. The van der Waals surface area contributed by atoms with E-state index in [4.69, 9.17) is 0 Å². The highest BCUT2D eigenvalue weighted by Crippen LogP contribution is 2.29. The summed E-state index contributed by atoms with van der Waals surface area (Å²) in [6.07, 6.45) is -2.94. The van der Waals surface area contributed by atoms with Gasteiger partial charge >= 0.3 is 6.18 Å². The van der Waals surface area contributed by atoms with E-state index in [0.29, 0.717) is 6.54 Å². The van der Waals surface area contributed by atoms with Crippen molar-refractivity contribution in [1.29, 1.82) is 0 Å². The Bertz CT molecular complexity index is 607. The smallest absolute Gasteiger partial charge is 0.422 e. The minimum Gasteiger partial charge on any atom is -0.468 e. The van der Waals surface area contributed by atoms with Gasteiger partial charge in [-0.05, 0) is 25.5 Å². The molecule has 0 saturated carbocycles. The van der Waals surface area contributed by atoms with Gasteiger partial charge in [0.1, 0.15) is 0 Å². The van der Waals surface area contributed by atoms with Crippen LogP contribution in [0.15, 0.2) is 23.3 Å². The molecule has 1 aromatic rings. The highest BCUT2D eigenvalue weighted by atomic mass is 32.2. The molecule has 9 heteroatoms. The minimum absolute atomic E-state index is 0.0397. The number of aromatic nitrogens is 1. The second kappa shape index (κ2) is 8.16. The molecule has 140 valence electrons. The van der Waals surface area contributed by atoms with Crippen LogP contribution >= 0.6 is 11.8 Å². The summed E-state index contributed by atoms with van der Waals surface area (Å²) in [5.74, 6) is 1.77. The number of rotatable bonds is 4. The predicted molar refractivity (Wildman–Crippen MR) is 94.1 cm³/mol. The Morgan fingerprint density at radius 3 is 2.88 bits per heavy atom. The fourth-order valence-electron chi connectivity index (χ4n) is 2.51. The molecule has 25 heavy (non-hydrogen) atoms. The summed E-state index contributed by atoms with van der Waals surface area (Å²) in [7, 11) is 1.72. The van der Waals surface area contributed by atoms with E-state index in [-0.39, 0.29) is 10.6 Å². The maximum absolute atomic E-state index is 12.2. The molecule has 0 aromatic carbocycles. The molecule has 1 N–H and O–H groups in total. The molecule has 2 heterocycles. The number of aliphatic imine (C=N–C) groups is 1. The van der Waals surface area contributed by atoms with E-state index < -0.39 is 12.8 Å². The van der Waals surface area contributed by atoms with Crippen molar-refractivity contribution in [3.8, 4) is 5.88 Å². The number of alkyl halides is 3. The van der Waals surface area contributed by atoms with E-state index in [0.717, 1.165) is 30.4 Å². The van der Waals surface area contributed by atoms with Gasteiger partial charge in [0.15, 0.2) is 12.6 Å². The Morgan fingerprint density at radius 1 is 1.48 bits per heavy atom. The predicted octanol–water partition coefficient (Wildman–Crippen LogP) is 2.93. The lowest BCUT2D eigenvalue weighted by Crippen LogP contribution is -2.50. The number of halogens is 3. The maximum atomic E-state index is 12.2. The first-order chi connectivity index (χ1) is 11.7. The number of pyridine rings is 1. The molecule has 0 atom stereocenters. The molecule has 0 amide bonds. The van der Waals surface area contributed by atoms with Gasteiger partial charge in [-0.2, -0.15) is 24.9 Å². The largest absolute Gasteiger partial charge is 0.468 e. The number of ether oxygens (including phenoxy) is 1. The van der Waals surface area contributed by atoms with Crippen molar-refractivity contribution in [2.24, 2.45) is 4.99 Å². The second-order valence-corrected chi connectivity index (χ2v) is 8.14. The molecule has 1 saturated heterocycles. The summed E-state index contributed by atoms with van der Waals surface area (Å²) >= 11 is 1.93. The fraction of sp³-hybridized carbons (Fsp3) is 0.625. The molecule has 0 radical (unpaired) electrons. The normalized spacial score (nSPS) is 18.2. The highest BCUT2D eigenvalue weighted by Gasteiger charge is 2.29. The number of guanidine groups is 1. The van der Waals surface area contributed by atoms with Gasteiger partial charge in [-0.25, -0.2) is 4.98 Å². The summed E-state index contributed by atoms with van der Waals surface area (Å²) in [4.78, 5) is 10.3. The third kappa shape index (κ3) is 6.64. The van der Waals surface area contributed by atoms with E-state index in [1.54, 1.807) is 13.1 Å². The van der Waals surface area contributed by atoms with Crippen molar-refractivity contribution in [3.63, 3.8) is 0 Å². The first-order valence-electron chi connectivity index (χ1n) is 7.92. The fourth-order valence-corrected chi connectivity index (χ4v) is 3.62. The first kappa shape index (κ1) is 19.7. The molecule has 5 nitrogen and oxygen atoms in total. The standard InChI is InChI=1S/C16H23F3N4OS/c1-15(2)10-23(6-7-25-15)14(20-3)22-9-12-4-5-21-13(8-12)24-11-16(17,18)19/h4-5,8H,6-7,9-11H2,1-3H3,(H,20,22). The van der Waals surface area contributed by atoms with Gasteiger partial charge in [-0.15, -0.1) is 0 Å². The number of hydrogen-bond donors (Lipinski definition) is 1. The van der Waals surface area contributed by atoms with Crippen LogP contribution < -0.4 is 10.1 Å². The number of nitrogens with zero attached hydrogens (tertiary/aromatic N) is 3. The SMILES string of the molecule is CN=C(NCc1ccnc(OCC(F)(F)F)c1)N1CCSC(C)(C)C1. The van der Waals surface area contributed by atoms with Gasteiger partial charge in [0.2, 0.25) is 5.88 Å². The zero-order valence-corrected chi connectivity index (χ0v) is 15.4. The Kier molecular flexibility index (Phi) is 6.42. The van der Waals surface area contributed by atoms with E-state index in [2.05, 4.69) is 38.8 Å². The van der Waals surface area contributed by atoms with Gasteiger partial charge in [0, 0.05) is 49.4 Å². The Hall–Kier alpha value is -1.64. The molecular formula is C16H23F3N4OS. The number of thioether (sulfide) groups is 1. The summed E-state index contributed by atoms with van der Waals surface area (Å²) < 4.78 is 41.5. The third-order valence-corrected chi connectivity index (χ3v) is 4.87. The van der Waals surface area contributed by atoms with Crippen LogP contribution in [0, 0.1) is 0 Å². The minimum atomic E-state index is -4.38. The molecule has 0 unspecified atom stereocenters. The summed E-state index contributed by atoms with van der Waals surface area (Å²) in [5, 5.41) is 3.25. The van der Waals surface area contributed by atoms with Crippen LogP contribution in [-0.4, -0.2) is 59.3 Å². The van der Waals surface area contributed by atoms with Crippen LogP contribution in [-0.2, 0) is 6.54 Å². The van der Waals surface area contributed by atoms with Crippen molar-refractivity contribution >= 4 is 17.7 Å². The molecule has 1 aromatic heterocycles. The van der Waals surface area contributed by atoms with Crippen LogP contribution in [0.2, 0.25) is 0 Å². The van der Waals surface area contributed by atoms with Crippen molar-refractivity contribution < 1.29 is 17.9 Å². The molecule has 0 spiro atoms. The quantitative estimate of drug-likeness (QED) is 0.647. The Labute approximate surface area is 150 Å². The molecule has 1 fully saturated rings. The van der Waals surface area contributed by atoms with Crippen molar-refractivity contribution in [1.82, 2.24) is 15.2 Å². The maximum Gasteiger partial charge on any atom is 0.422 e. The molecule has 0 aliphatic carbocycles. The molecule has 1 aliphatic heterocycles. The number of hydrogen-bond acceptors (Lipinski definition) is 4. The average molecular weight is 376 g/mol. The zero-order chi connectivity index (χ0) is 18.5. The lowest BCUT2D eigenvalue weighted by atomic mass is 10.2. The van der Waals surface area contributed by atoms with Crippen molar-refractivity contribution in [2.45, 2.75) is 31.3 Å². The Morgan fingerprint density at radius 2 is 2.24 bits per heavy atom. The van der Waals surface area contributed by atoms with Gasteiger partial charge < -0.3 is 15.0 Å². The van der Waals surface area contributed by atoms with Gasteiger partial charge in [-0.1, -0.05) is 0 Å². The third-order valence-electron chi connectivity index (χ3n) is 3.57. The van der Waals surface area contributed by atoms with Gasteiger partial charge in [0.25, 0.3) is 0 Å². The van der Waals surface area contributed by atoms with Crippen LogP contribution in [0.4, 0.5) is 13.2 Å². The van der Waals surface area contributed by atoms with E-state index in [9.17, 15) is 13.2 Å². The summed E-state index contributed by atoms with van der Waals surface area (Å²) in [5.41, 5.74) is 0.777. The van der Waals surface area contributed by atoms with Crippen LogP contribution in [0.3, 0.4) is 0 Å². The van der Waals surface area contributed by atoms with Crippen LogP contribution in [0.5, 0.6) is 5.88 Å². The van der Waals surface area contributed by atoms with Crippen molar-refractivity contribution in [2.75, 3.05) is 32.5 Å². The van der Waals surface area contributed by atoms with E-state index >= 15 is 0 Å². The van der Waals surface area contributed by atoms with Crippen LogP contribution in [0.25, 0.3) is 0 Å². The van der Waals surface area contributed by atoms with Gasteiger partial charge in [0.05, 0.1) is 0 Å². The topological polar surface area (TPSA) is 49.8 Å². The van der Waals surface area contributed by atoms with Crippen molar-refractivity contribution in [3.05, 3.63) is 23.9 Å². The second-order valence-electron chi connectivity index (χ2n) is 6.34. The molecule has 0 bridgehead atoms. The van der Waals surface area contributed by atoms with Crippen LogP contribution in [0.1, 0.15) is 19.4 Å². The summed E-state index contributed by atoms with van der Waals surface area (Å²) in [6.45, 7) is 5.27. The average Bonchev–Trinajstić information content (AvgIpc) is 2.52. The first-order valence-corrected chi connectivity index (χ1v) is 8.91. The summed E-state index contributed by atoms with van der Waals surface area (Å²) in [6, 6.07) is 3.23. The molecular weight excluding hydrogens is 353 g/mol. The molecule has 1 aliphatic rings. The monoisotopic (exact) mass is 376 g/mol. The Balaban J connectivity index is 1.93. The lowest BCUT2D eigenvalue weighted by Gasteiger charge is -2.39.